The number of fused-ring (bicyclic) bond motifs is 4. The molecule has 0 bridgehead atoms. The molecule has 0 unspecified atom stereocenters. The molecule has 1 saturated heterocycles. The zero-order valence-electron chi connectivity index (χ0n) is 20.6. The van der Waals surface area contributed by atoms with E-state index in [0.29, 0.717) is 6.73 Å². The van der Waals surface area contributed by atoms with E-state index in [4.69, 9.17) is 4.74 Å². The number of ether oxygens (including phenoxy) is 1. The summed E-state index contributed by atoms with van der Waals surface area (Å²) in [7, 11) is -1.12. The molecular formula is C28H36N2O2Si. The number of hydrogen-bond acceptors (Lipinski definition) is 2. The highest BCUT2D eigenvalue weighted by molar-refractivity contribution is 6.76. The molecule has 1 fully saturated rings. The van der Waals surface area contributed by atoms with Gasteiger partial charge in [-0.05, 0) is 60.4 Å². The summed E-state index contributed by atoms with van der Waals surface area (Å²) < 4.78 is 8.54. The Morgan fingerprint density at radius 2 is 1.76 bits per heavy atom. The Labute approximate surface area is 198 Å². The van der Waals surface area contributed by atoms with Gasteiger partial charge in [-0.2, -0.15) is 0 Å². The molecule has 5 heteroatoms. The van der Waals surface area contributed by atoms with E-state index < -0.39 is 8.07 Å². The molecular weight excluding hydrogens is 424 g/mol. The molecule has 0 N–H and O–H groups in total. The van der Waals surface area contributed by atoms with Gasteiger partial charge in [0.15, 0.2) is 0 Å². The number of carbonyl (C=O) groups excluding carboxylic acids is 1. The second kappa shape index (κ2) is 7.85. The van der Waals surface area contributed by atoms with Crippen LogP contribution in [-0.4, -0.2) is 36.6 Å². The van der Waals surface area contributed by atoms with Gasteiger partial charge in [-0.25, -0.2) is 0 Å². The highest BCUT2D eigenvalue weighted by atomic mass is 28.3. The molecule has 0 aliphatic carbocycles. The molecule has 5 rings (SSSR count). The first-order valence-corrected chi connectivity index (χ1v) is 15.9. The van der Waals surface area contributed by atoms with E-state index in [1.165, 1.54) is 28.2 Å². The van der Waals surface area contributed by atoms with Gasteiger partial charge in [0, 0.05) is 32.5 Å². The maximum Gasteiger partial charge on any atom is 0.254 e. The highest BCUT2D eigenvalue weighted by Crippen LogP contribution is 2.53. The second-order valence-corrected chi connectivity index (χ2v) is 17.5. The fraction of sp³-hybridized carbons (Fsp3) is 0.464. The summed E-state index contributed by atoms with van der Waals surface area (Å²) in [6.45, 7) is 14.0. The van der Waals surface area contributed by atoms with Crippen molar-refractivity contribution >= 4 is 24.9 Å². The van der Waals surface area contributed by atoms with Gasteiger partial charge in [0.05, 0.1) is 11.1 Å². The average molecular weight is 461 g/mol. The fourth-order valence-corrected chi connectivity index (χ4v) is 6.77. The molecule has 1 amide bonds. The molecule has 2 aliphatic heterocycles. The smallest absolute Gasteiger partial charge is 0.254 e. The van der Waals surface area contributed by atoms with Crippen LogP contribution in [0.4, 0.5) is 0 Å². The van der Waals surface area contributed by atoms with E-state index in [2.05, 4.69) is 85.4 Å². The highest BCUT2D eigenvalue weighted by Gasteiger charge is 2.56. The van der Waals surface area contributed by atoms with Crippen molar-refractivity contribution in [1.82, 2.24) is 9.47 Å². The number of rotatable bonds is 7. The average Bonchev–Trinajstić information content (AvgIpc) is 3.30. The quantitative estimate of drug-likeness (QED) is 0.307. The van der Waals surface area contributed by atoms with Crippen LogP contribution in [0, 0.1) is 5.41 Å². The molecule has 1 aromatic heterocycles. The van der Waals surface area contributed by atoms with E-state index in [1.807, 2.05) is 12.1 Å². The largest absolute Gasteiger partial charge is 0.361 e. The maximum absolute atomic E-state index is 13.2. The van der Waals surface area contributed by atoms with Crippen molar-refractivity contribution < 1.29 is 9.53 Å². The van der Waals surface area contributed by atoms with E-state index in [0.717, 1.165) is 31.6 Å². The Balaban J connectivity index is 1.41. The monoisotopic (exact) mass is 460 g/mol. The maximum atomic E-state index is 13.2. The first-order chi connectivity index (χ1) is 15.6. The van der Waals surface area contributed by atoms with Gasteiger partial charge in [0.1, 0.15) is 6.73 Å². The zero-order chi connectivity index (χ0) is 23.4. The third-order valence-corrected chi connectivity index (χ3v) is 9.31. The van der Waals surface area contributed by atoms with Crippen LogP contribution >= 0.6 is 0 Å². The van der Waals surface area contributed by atoms with Gasteiger partial charge in [-0.3, -0.25) is 4.79 Å². The summed E-state index contributed by atoms with van der Waals surface area (Å²) in [6.07, 6.45) is 1.90. The summed E-state index contributed by atoms with van der Waals surface area (Å²) in [5.41, 5.74) is 4.41. The van der Waals surface area contributed by atoms with Gasteiger partial charge in [0.2, 0.25) is 0 Å². The Kier molecular flexibility index (Phi) is 5.33. The normalized spacial score (nSPS) is 24.5. The van der Waals surface area contributed by atoms with Gasteiger partial charge < -0.3 is 14.2 Å². The van der Waals surface area contributed by atoms with Crippen molar-refractivity contribution in [1.29, 1.82) is 0 Å². The minimum atomic E-state index is -1.12. The van der Waals surface area contributed by atoms with Crippen LogP contribution < -0.4 is 0 Å². The lowest BCUT2D eigenvalue weighted by molar-refractivity contribution is 0.0679. The van der Waals surface area contributed by atoms with Crippen LogP contribution in [0.5, 0.6) is 0 Å². The first kappa shape index (κ1) is 22.4. The molecule has 2 aromatic carbocycles. The van der Waals surface area contributed by atoms with Crippen molar-refractivity contribution in [3.8, 4) is 0 Å². The van der Waals surface area contributed by atoms with Crippen LogP contribution in [-0.2, 0) is 23.4 Å². The molecule has 2 atom stereocenters. The number of benzene rings is 2. The van der Waals surface area contributed by atoms with Crippen LogP contribution in [0.25, 0.3) is 10.9 Å². The number of amides is 1. The first-order valence-electron chi connectivity index (χ1n) is 12.2. The van der Waals surface area contributed by atoms with Crippen molar-refractivity contribution in [3.05, 3.63) is 71.4 Å². The third-order valence-electron chi connectivity index (χ3n) is 7.61. The standard InChI is InChI=1S/C28H36N2O2Si/c1-27(18-28(2)24-12-8-7-11-23(24)26(31)30(28)19-27)17-22-16-21-10-6-9-13-25(21)29(22)20-32-14-15-33(3,4)5/h6-13,16H,14-15,17-20H2,1-5H3/t27-,28+/m1/s1. The van der Waals surface area contributed by atoms with E-state index in [-0.39, 0.29) is 16.9 Å². The van der Waals surface area contributed by atoms with E-state index in [1.54, 1.807) is 0 Å². The minimum absolute atomic E-state index is 0.0163. The van der Waals surface area contributed by atoms with Gasteiger partial charge in [-0.15, -0.1) is 0 Å². The number of nitrogens with zero attached hydrogens (tertiary/aromatic N) is 2. The van der Waals surface area contributed by atoms with Crippen LogP contribution in [0.2, 0.25) is 25.7 Å². The predicted molar refractivity (Wildman–Crippen MR) is 137 cm³/mol. The Morgan fingerprint density at radius 1 is 1.03 bits per heavy atom. The van der Waals surface area contributed by atoms with Crippen molar-refractivity contribution in [2.75, 3.05) is 13.2 Å². The van der Waals surface area contributed by atoms with Crippen molar-refractivity contribution in [2.45, 2.75) is 64.6 Å². The zero-order valence-corrected chi connectivity index (χ0v) is 21.6. The summed E-state index contributed by atoms with van der Waals surface area (Å²) in [5.74, 6) is 0.187. The fourth-order valence-electron chi connectivity index (χ4n) is 6.02. The third kappa shape index (κ3) is 3.95. The molecule has 174 valence electrons. The lowest BCUT2D eigenvalue weighted by Gasteiger charge is -2.28. The molecule has 0 saturated carbocycles. The minimum Gasteiger partial charge on any atom is -0.361 e. The molecule has 4 nitrogen and oxygen atoms in total. The summed E-state index contributed by atoms with van der Waals surface area (Å²) in [4.78, 5) is 15.3. The Morgan fingerprint density at radius 3 is 2.55 bits per heavy atom. The van der Waals surface area contributed by atoms with Crippen LogP contribution in [0.15, 0.2) is 54.6 Å². The number of carbonyl (C=O) groups is 1. The summed E-state index contributed by atoms with van der Waals surface area (Å²) >= 11 is 0. The van der Waals surface area contributed by atoms with Crippen LogP contribution in [0.3, 0.4) is 0 Å². The number of hydrogen-bond donors (Lipinski definition) is 0. The van der Waals surface area contributed by atoms with Crippen molar-refractivity contribution in [2.24, 2.45) is 5.41 Å². The summed E-state index contributed by atoms with van der Waals surface area (Å²) in [5, 5.41) is 1.26. The van der Waals surface area contributed by atoms with Gasteiger partial charge in [-0.1, -0.05) is 63.0 Å². The molecule has 3 heterocycles. The molecule has 33 heavy (non-hydrogen) atoms. The van der Waals surface area contributed by atoms with Crippen LogP contribution in [0.1, 0.15) is 41.9 Å². The topological polar surface area (TPSA) is 34.5 Å². The number of para-hydroxylation sites is 1. The SMILES string of the molecule is C[C@]1(Cc2cc3ccccc3n2COCC[Si](C)(C)C)CN2C(=O)c3ccccc3[C@]2(C)C1. The molecule has 3 aromatic rings. The van der Waals surface area contributed by atoms with Crippen molar-refractivity contribution in [3.63, 3.8) is 0 Å². The molecule has 0 radical (unpaired) electrons. The second-order valence-electron chi connectivity index (χ2n) is 11.8. The lowest BCUT2D eigenvalue weighted by atomic mass is 9.77. The van der Waals surface area contributed by atoms with E-state index in [9.17, 15) is 4.79 Å². The predicted octanol–water partition coefficient (Wildman–Crippen LogP) is 6.28. The van der Waals surface area contributed by atoms with Gasteiger partial charge >= 0.3 is 0 Å². The van der Waals surface area contributed by atoms with Gasteiger partial charge in [0.25, 0.3) is 5.91 Å². The Bertz CT molecular complexity index is 1210. The molecule has 2 aliphatic rings. The summed E-state index contributed by atoms with van der Waals surface area (Å²) in [6, 6.07) is 20.2. The number of aromatic nitrogens is 1. The molecule has 0 spiro atoms. The van der Waals surface area contributed by atoms with E-state index >= 15 is 0 Å². The Hall–Kier alpha value is -2.37. The lowest BCUT2D eigenvalue weighted by Crippen LogP contribution is -2.35.